The van der Waals surface area contributed by atoms with E-state index in [1.54, 1.807) is 18.3 Å². The van der Waals surface area contributed by atoms with E-state index in [0.29, 0.717) is 10.6 Å². The molecule has 3 heteroatoms. The highest BCUT2D eigenvalue weighted by Crippen LogP contribution is 2.16. The summed E-state index contributed by atoms with van der Waals surface area (Å²) >= 11 is 5.75. The number of hydrogen-bond acceptors (Lipinski definition) is 2. The SMILES string of the molecule is CN(C)/C=C(/C=O)c1ccc(Cl)cc1. The van der Waals surface area contributed by atoms with Crippen molar-refractivity contribution in [3.63, 3.8) is 0 Å². The second-order valence-electron chi connectivity index (χ2n) is 3.17. The molecule has 0 fully saturated rings. The van der Waals surface area contributed by atoms with Crippen LogP contribution in [0, 0.1) is 0 Å². The number of allylic oxidation sites excluding steroid dienone is 1. The van der Waals surface area contributed by atoms with Gasteiger partial charge < -0.3 is 4.90 Å². The second-order valence-corrected chi connectivity index (χ2v) is 3.61. The molecular formula is C11H12ClNO. The van der Waals surface area contributed by atoms with Crippen molar-refractivity contribution in [2.24, 2.45) is 0 Å². The predicted molar refractivity (Wildman–Crippen MR) is 59.2 cm³/mol. The minimum Gasteiger partial charge on any atom is -0.383 e. The van der Waals surface area contributed by atoms with E-state index in [0.717, 1.165) is 11.8 Å². The maximum Gasteiger partial charge on any atom is 0.152 e. The fourth-order valence-electron chi connectivity index (χ4n) is 1.09. The van der Waals surface area contributed by atoms with E-state index in [4.69, 9.17) is 11.6 Å². The van der Waals surface area contributed by atoms with Crippen LogP contribution in [0.15, 0.2) is 30.5 Å². The van der Waals surface area contributed by atoms with E-state index in [1.807, 2.05) is 31.1 Å². The molecule has 0 atom stereocenters. The number of hydrogen-bond donors (Lipinski definition) is 0. The molecule has 0 spiro atoms. The van der Waals surface area contributed by atoms with Gasteiger partial charge in [-0.3, -0.25) is 4.79 Å². The third kappa shape index (κ3) is 2.89. The van der Waals surface area contributed by atoms with Crippen LogP contribution in [0.3, 0.4) is 0 Å². The Morgan fingerprint density at radius 3 is 2.29 bits per heavy atom. The lowest BCUT2D eigenvalue weighted by Gasteiger charge is -2.07. The van der Waals surface area contributed by atoms with Gasteiger partial charge >= 0.3 is 0 Å². The lowest BCUT2D eigenvalue weighted by atomic mass is 10.1. The number of nitrogens with zero attached hydrogens (tertiary/aromatic N) is 1. The van der Waals surface area contributed by atoms with E-state index in [9.17, 15) is 4.79 Å². The summed E-state index contributed by atoms with van der Waals surface area (Å²) in [7, 11) is 3.75. The van der Waals surface area contributed by atoms with Gasteiger partial charge in [-0.05, 0) is 17.7 Å². The van der Waals surface area contributed by atoms with Crippen LogP contribution in [0.1, 0.15) is 5.56 Å². The normalized spacial score (nSPS) is 11.2. The van der Waals surface area contributed by atoms with Gasteiger partial charge in [-0.25, -0.2) is 0 Å². The number of halogens is 1. The zero-order valence-corrected chi connectivity index (χ0v) is 8.95. The summed E-state index contributed by atoms with van der Waals surface area (Å²) in [6.07, 6.45) is 2.61. The van der Waals surface area contributed by atoms with Gasteiger partial charge in [0.25, 0.3) is 0 Å². The average Bonchev–Trinajstić information content (AvgIpc) is 2.15. The standard InChI is InChI=1S/C11H12ClNO/c1-13(2)7-10(8-14)9-3-5-11(12)6-4-9/h3-8H,1-2H3/b10-7-. The van der Waals surface area contributed by atoms with Gasteiger partial charge in [0.15, 0.2) is 6.29 Å². The summed E-state index contributed by atoms with van der Waals surface area (Å²) in [5, 5.41) is 0.670. The minimum absolute atomic E-state index is 0.645. The van der Waals surface area contributed by atoms with Crippen molar-refractivity contribution in [3.05, 3.63) is 41.1 Å². The highest BCUT2D eigenvalue weighted by atomic mass is 35.5. The van der Waals surface area contributed by atoms with Crippen LogP contribution in [-0.4, -0.2) is 25.3 Å². The molecule has 14 heavy (non-hydrogen) atoms. The maximum absolute atomic E-state index is 10.8. The van der Waals surface area contributed by atoms with E-state index in [1.165, 1.54) is 0 Å². The van der Waals surface area contributed by atoms with Crippen LogP contribution in [0.5, 0.6) is 0 Å². The number of carbonyl (C=O) groups is 1. The zero-order chi connectivity index (χ0) is 10.6. The van der Waals surface area contributed by atoms with E-state index in [2.05, 4.69) is 0 Å². The Morgan fingerprint density at radius 2 is 1.86 bits per heavy atom. The molecule has 0 aliphatic rings. The third-order valence-corrected chi connectivity index (χ3v) is 1.95. The topological polar surface area (TPSA) is 20.3 Å². The Balaban J connectivity index is 3.01. The first-order valence-electron chi connectivity index (χ1n) is 4.23. The van der Waals surface area contributed by atoms with Crippen LogP contribution < -0.4 is 0 Å². The lowest BCUT2D eigenvalue weighted by molar-refractivity contribution is -0.103. The van der Waals surface area contributed by atoms with Crippen molar-refractivity contribution in [2.75, 3.05) is 14.1 Å². The molecule has 0 radical (unpaired) electrons. The average molecular weight is 210 g/mol. The van der Waals surface area contributed by atoms with Crippen molar-refractivity contribution in [1.82, 2.24) is 4.90 Å². The largest absolute Gasteiger partial charge is 0.383 e. The van der Waals surface area contributed by atoms with Crippen LogP contribution >= 0.6 is 11.6 Å². The molecule has 0 bridgehead atoms. The molecule has 0 aromatic heterocycles. The van der Waals surface area contributed by atoms with Crippen molar-refractivity contribution in [1.29, 1.82) is 0 Å². The molecule has 0 saturated heterocycles. The molecule has 0 aliphatic carbocycles. The van der Waals surface area contributed by atoms with Crippen molar-refractivity contribution in [3.8, 4) is 0 Å². The second kappa shape index (κ2) is 4.82. The molecule has 0 heterocycles. The van der Waals surface area contributed by atoms with Crippen LogP contribution in [0.4, 0.5) is 0 Å². The quantitative estimate of drug-likeness (QED) is 0.563. The summed E-state index contributed by atoms with van der Waals surface area (Å²) in [5.41, 5.74) is 1.52. The number of rotatable bonds is 3. The van der Waals surface area contributed by atoms with Gasteiger partial charge in [-0.1, -0.05) is 23.7 Å². The Morgan fingerprint density at radius 1 is 1.29 bits per heavy atom. The third-order valence-electron chi connectivity index (χ3n) is 1.70. The van der Waals surface area contributed by atoms with Crippen molar-refractivity contribution >= 4 is 23.5 Å². The molecule has 2 nitrogen and oxygen atoms in total. The Kier molecular flexibility index (Phi) is 3.72. The zero-order valence-electron chi connectivity index (χ0n) is 8.20. The molecule has 1 aromatic carbocycles. The first-order valence-corrected chi connectivity index (χ1v) is 4.60. The van der Waals surface area contributed by atoms with Crippen LogP contribution in [0.25, 0.3) is 5.57 Å². The number of benzene rings is 1. The van der Waals surface area contributed by atoms with Crippen molar-refractivity contribution < 1.29 is 4.79 Å². The summed E-state index contributed by atoms with van der Waals surface area (Å²) in [6, 6.07) is 7.19. The molecule has 0 aliphatic heterocycles. The summed E-state index contributed by atoms with van der Waals surface area (Å²) < 4.78 is 0. The fourth-order valence-corrected chi connectivity index (χ4v) is 1.22. The molecule has 74 valence electrons. The van der Waals surface area contributed by atoms with Gasteiger partial charge in [-0.15, -0.1) is 0 Å². The fraction of sp³-hybridized carbons (Fsp3) is 0.182. The monoisotopic (exact) mass is 209 g/mol. The first kappa shape index (κ1) is 10.8. The Hall–Kier alpha value is -1.28. The smallest absolute Gasteiger partial charge is 0.152 e. The van der Waals surface area contributed by atoms with Gasteiger partial charge in [0.1, 0.15) is 0 Å². The Labute approximate surface area is 88.8 Å². The van der Waals surface area contributed by atoms with Crippen LogP contribution in [0.2, 0.25) is 5.02 Å². The summed E-state index contributed by atoms with van der Waals surface area (Å²) in [5.74, 6) is 0. The molecular weight excluding hydrogens is 198 g/mol. The first-order chi connectivity index (χ1) is 6.63. The predicted octanol–water partition coefficient (Wildman–Crippen LogP) is 2.44. The Bertz CT molecular complexity index is 341. The highest BCUT2D eigenvalue weighted by molar-refractivity contribution is 6.30. The lowest BCUT2D eigenvalue weighted by Crippen LogP contribution is -2.03. The molecule has 0 saturated carbocycles. The van der Waals surface area contributed by atoms with Gasteiger partial charge in [0.05, 0.1) is 0 Å². The molecule has 1 aromatic rings. The van der Waals surface area contributed by atoms with E-state index in [-0.39, 0.29) is 0 Å². The number of carbonyl (C=O) groups excluding carboxylic acids is 1. The molecule has 0 amide bonds. The minimum atomic E-state index is 0.645. The van der Waals surface area contributed by atoms with E-state index >= 15 is 0 Å². The maximum atomic E-state index is 10.8. The molecule has 0 unspecified atom stereocenters. The van der Waals surface area contributed by atoms with E-state index < -0.39 is 0 Å². The summed E-state index contributed by atoms with van der Waals surface area (Å²) in [6.45, 7) is 0. The van der Waals surface area contributed by atoms with Gasteiger partial charge in [0.2, 0.25) is 0 Å². The number of aldehydes is 1. The highest BCUT2D eigenvalue weighted by Gasteiger charge is 1.99. The molecule has 1 rings (SSSR count). The van der Waals surface area contributed by atoms with Crippen molar-refractivity contribution in [2.45, 2.75) is 0 Å². The van der Waals surface area contributed by atoms with Gasteiger partial charge in [-0.2, -0.15) is 0 Å². The summed E-state index contributed by atoms with van der Waals surface area (Å²) in [4.78, 5) is 12.6. The van der Waals surface area contributed by atoms with Crippen LogP contribution in [-0.2, 0) is 4.79 Å². The molecule has 0 N–H and O–H groups in total. The van der Waals surface area contributed by atoms with Gasteiger partial charge in [0, 0.05) is 30.9 Å².